The lowest BCUT2D eigenvalue weighted by atomic mass is 10.1. The number of alkyl halides is 1. The van der Waals surface area contributed by atoms with Gasteiger partial charge in [-0.05, 0) is 65.2 Å². The summed E-state index contributed by atoms with van der Waals surface area (Å²) in [4.78, 5) is 12.3. The zero-order valence-corrected chi connectivity index (χ0v) is 13.0. The van der Waals surface area contributed by atoms with Crippen LogP contribution in [0, 0.1) is 13.8 Å². The lowest BCUT2D eigenvalue weighted by molar-refractivity contribution is 0.102. The molecule has 1 N–H and O–H groups in total. The van der Waals surface area contributed by atoms with E-state index in [1.165, 1.54) is 5.56 Å². The molecule has 0 aromatic heterocycles. The third kappa shape index (κ3) is 3.39. The van der Waals surface area contributed by atoms with E-state index in [4.69, 9.17) is 4.74 Å². The van der Waals surface area contributed by atoms with Crippen LogP contribution < -0.4 is 10.1 Å². The predicted octanol–water partition coefficient (Wildman–Crippen LogP) is 4.29. The van der Waals surface area contributed by atoms with E-state index in [-0.39, 0.29) is 5.91 Å². The molecule has 0 atom stereocenters. The van der Waals surface area contributed by atoms with Gasteiger partial charge in [0.15, 0.2) is 0 Å². The Morgan fingerprint density at radius 2 is 1.90 bits per heavy atom. The number of anilines is 1. The van der Waals surface area contributed by atoms with Crippen LogP contribution in [0.4, 0.5) is 5.69 Å². The lowest BCUT2D eigenvalue weighted by Crippen LogP contribution is -2.13. The molecule has 1 amide bonds. The Bertz CT molecular complexity index is 626. The number of carbonyl (C=O) groups is 1. The molecular weight excluding hydrogens is 318 g/mol. The normalized spacial score (nSPS) is 10.2. The zero-order chi connectivity index (χ0) is 14.5. The molecule has 0 unspecified atom stereocenters. The summed E-state index contributed by atoms with van der Waals surface area (Å²) in [6.45, 7) is 4.06. The van der Waals surface area contributed by atoms with E-state index < -0.39 is 0 Å². The van der Waals surface area contributed by atoms with E-state index in [9.17, 15) is 4.79 Å². The van der Waals surface area contributed by atoms with Gasteiger partial charge in [0.05, 0.1) is 5.56 Å². The fourth-order valence-corrected chi connectivity index (χ4v) is 2.10. The summed E-state index contributed by atoms with van der Waals surface area (Å²) in [6.07, 6.45) is 0. The van der Waals surface area contributed by atoms with Crippen LogP contribution >= 0.6 is 15.9 Å². The molecule has 2 aromatic carbocycles. The van der Waals surface area contributed by atoms with Gasteiger partial charge in [0, 0.05) is 5.69 Å². The number of aryl methyl sites for hydroxylation is 2. The fraction of sp³-hybridized carbons (Fsp3) is 0.188. The molecule has 0 saturated carbocycles. The fourth-order valence-electron chi connectivity index (χ4n) is 1.86. The number of nitrogens with one attached hydrogen (secondary N) is 1. The molecule has 3 nitrogen and oxygen atoms in total. The number of carbonyl (C=O) groups excluding carboxylic acids is 1. The Hall–Kier alpha value is -1.81. The Morgan fingerprint density at radius 3 is 2.60 bits per heavy atom. The highest BCUT2D eigenvalue weighted by atomic mass is 79.9. The summed E-state index contributed by atoms with van der Waals surface area (Å²) in [5, 5.41) is 2.89. The van der Waals surface area contributed by atoms with Crippen LogP contribution in [0.15, 0.2) is 42.5 Å². The van der Waals surface area contributed by atoms with Crippen LogP contribution in [0.25, 0.3) is 0 Å². The van der Waals surface area contributed by atoms with Crippen LogP contribution in [-0.2, 0) is 0 Å². The summed E-state index contributed by atoms with van der Waals surface area (Å²) in [5.41, 5.74) is 4.00. The quantitative estimate of drug-likeness (QED) is 0.847. The van der Waals surface area contributed by atoms with Gasteiger partial charge >= 0.3 is 0 Å². The second-order valence-corrected chi connectivity index (χ2v) is 4.96. The number of ether oxygens (including phenoxy) is 1. The molecule has 0 spiro atoms. The van der Waals surface area contributed by atoms with Gasteiger partial charge in [-0.1, -0.05) is 18.2 Å². The van der Waals surface area contributed by atoms with Crippen molar-refractivity contribution in [2.45, 2.75) is 13.8 Å². The Labute approximate surface area is 127 Å². The maximum atomic E-state index is 12.3. The highest BCUT2D eigenvalue weighted by Gasteiger charge is 2.12. The molecule has 2 rings (SSSR count). The van der Waals surface area contributed by atoms with Gasteiger partial charge in [-0.3, -0.25) is 4.79 Å². The average Bonchev–Trinajstić information content (AvgIpc) is 2.44. The van der Waals surface area contributed by atoms with Crippen molar-refractivity contribution in [3.05, 3.63) is 59.2 Å². The van der Waals surface area contributed by atoms with Crippen LogP contribution in [0.1, 0.15) is 21.5 Å². The minimum absolute atomic E-state index is 0.176. The zero-order valence-electron chi connectivity index (χ0n) is 11.4. The first kappa shape index (κ1) is 14.6. The van der Waals surface area contributed by atoms with E-state index in [0.29, 0.717) is 16.8 Å². The van der Waals surface area contributed by atoms with Crippen molar-refractivity contribution in [2.24, 2.45) is 0 Å². The van der Waals surface area contributed by atoms with Gasteiger partial charge in [0.1, 0.15) is 11.3 Å². The van der Waals surface area contributed by atoms with Crippen molar-refractivity contribution in [3.8, 4) is 5.75 Å². The van der Waals surface area contributed by atoms with Crippen molar-refractivity contribution < 1.29 is 9.53 Å². The summed E-state index contributed by atoms with van der Waals surface area (Å²) in [7, 11) is 0. The average molecular weight is 334 g/mol. The third-order valence-corrected chi connectivity index (χ3v) is 3.34. The first-order chi connectivity index (χ1) is 9.61. The van der Waals surface area contributed by atoms with Gasteiger partial charge in [0.2, 0.25) is 0 Å². The molecule has 0 bridgehead atoms. The molecule has 0 aliphatic carbocycles. The summed E-state index contributed by atoms with van der Waals surface area (Å²) >= 11 is 3.20. The summed E-state index contributed by atoms with van der Waals surface area (Å²) in [5.74, 6) is 0.385. The number of rotatable bonds is 4. The Balaban J connectivity index is 2.21. The maximum Gasteiger partial charge on any atom is 0.259 e. The Kier molecular flexibility index (Phi) is 4.79. The van der Waals surface area contributed by atoms with Gasteiger partial charge in [0.25, 0.3) is 5.91 Å². The van der Waals surface area contributed by atoms with Crippen LogP contribution in [-0.4, -0.2) is 11.4 Å². The molecule has 0 saturated heterocycles. The number of amides is 1. The second-order valence-electron chi connectivity index (χ2n) is 4.50. The molecule has 0 radical (unpaired) electrons. The van der Waals surface area contributed by atoms with Crippen molar-refractivity contribution >= 4 is 27.5 Å². The lowest BCUT2D eigenvalue weighted by Gasteiger charge is -2.11. The number of benzene rings is 2. The van der Waals surface area contributed by atoms with Crippen LogP contribution in [0.2, 0.25) is 0 Å². The highest BCUT2D eigenvalue weighted by Crippen LogP contribution is 2.21. The van der Waals surface area contributed by atoms with E-state index in [0.717, 1.165) is 11.3 Å². The maximum absolute atomic E-state index is 12.3. The molecule has 2 aromatic rings. The molecule has 0 fully saturated rings. The number of halogens is 1. The monoisotopic (exact) mass is 333 g/mol. The van der Waals surface area contributed by atoms with Gasteiger partial charge in [-0.15, -0.1) is 0 Å². The van der Waals surface area contributed by atoms with E-state index in [1.807, 2.05) is 44.2 Å². The van der Waals surface area contributed by atoms with Crippen molar-refractivity contribution in [3.63, 3.8) is 0 Å². The van der Waals surface area contributed by atoms with Gasteiger partial charge in [-0.25, -0.2) is 0 Å². The van der Waals surface area contributed by atoms with Crippen molar-refractivity contribution in [1.82, 2.24) is 0 Å². The molecular formula is C16H16BrNO2. The molecule has 0 heterocycles. The topological polar surface area (TPSA) is 38.3 Å². The molecule has 4 heteroatoms. The first-order valence-electron chi connectivity index (χ1n) is 6.28. The molecule has 0 aliphatic rings. The summed E-state index contributed by atoms with van der Waals surface area (Å²) < 4.78 is 5.39. The van der Waals surface area contributed by atoms with Gasteiger partial charge in [-0.2, -0.15) is 0 Å². The van der Waals surface area contributed by atoms with E-state index in [1.54, 1.807) is 12.1 Å². The minimum Gasteiger partial charge on any atom is -0.482 e. The third-order valence-electron chi connectivity index (χ3n) is 3.11. The first-order valence-corrected chi connectivity index (χ1v) is 7.40. The van der Waals surface area contributed by atoms with Crippen LogP contribution in [0.5, 0.6) is 5.75 Å². The number of hydrogen-bond donors (Lipinski definition) is 1. The van der Waals surface area contributed by atoms with Crippen molar-refractivity contribution in [1.29, 1.82) is 0 Å². The number of hydrogen-bond acceptors (Lipinski definition) is 2. The predicted molar refractivity (Wildman–Crippen MR) is 84.7 cm³/mol. The Morgan fingerprint density at radius 1 is 1.15 bits per heavy atom. The smallest absolute Gasteiger partial charge is 0.259 e. The molecule has 0 aliphatic heterocycles. The molecule has 20 heavy (non-hydrogen) atoms. The van der Waals surface area contributed by atoms with Crippen LogP contribution in [0.3, 0.4) is 0 Å². The van der Waals surface area contributed by atoms with Gasteiger partial charge < -0.3 is 10.1 Å². The van der Waals surface area contributed by atoms with Crippen molar-refractivity contribution in [2.75, 3.05) is 10.8 Å². The summed E-state index contributed by atoms with van der Waals surface area (Å²) in [6, 6.07) is 13.0. The SMILES string of the molecule is Cc1ccc(NC(=O)c2ccccc2OCBr)cc1C. The standard InChI is InChI=1S/C16H16BrNO2/c1-11-7-8-13(9-12(11)2)18-16(19)14-5-3-4-6-15(14)20-10-17/h3-9H,10H2,1-2H3,(H,18,19). The van der Waals surface area contributed by atoms with E-state index >= 15 is 0 Å². The van der Waals surface area contributed by atoms with E-state index in [2.05, 4.69) is 21.2 Å². The number of para-hydroxylation sites is 1. The highest BCUT2D eigenvalue weighted by molar-refractivity contribution is 9.09. The largest absolute Gasteiger partial charge is 0.482 e. The molecule has 104 valence electrons. The second kappa shape index (κ2) is 6.57. The minimum atomic E-state index is -0.176.